The van der Waals surface area contributed by atoms with Crippen LogP contribution in [0.2, 0.25) is 0 Å². The average molecular weight is 383 g/mol. The van der Waals surface area contributed by atoms with E-state index in [2.05, 4.69) is 0 Å². The molecule has 1 aromatic heterocycles. The minimum atomic E-state index is -0.803. The summed E-state index contributed by atoms with van der Waals surface area (Å²) in [6, 6.07) is 16.9. The molecule has 146 valence electrons. The van der Waals surface area contributed by atoms with E-state index in [1.807, 2.05) is 17.0 Å². The third-order valence-corrected chi connectivity index (χ3v) is 4.20. The molecule has 0 aliphatic rings. The first-order valence-corrected chi connectivity index (χ1v) is 8.98. The van der Waals surface area contributed by atoms with Gasteiger partial charge in [0.15, 0.2) is 6.29 Å². The zero-order chi connectivity index (χ0) is 19.8. The van der Waals surface area contributed by atoms with E-state index in [0.29, 0.717) is 30.9 Å². The number of nitrogens with zero attached hydrogens (tertiary/aromatic N) is 1. The molecule has 0 saturated carbocycles. The van der Waals surface area contributed by atoms with Crippen LogP contribution < -0.4 is 4.74 Å². The standard InChI is InChI=1S/C22H22FNO4/c23-19-7-3-5-17(11-19)12-24(14-21-8-4-10-27-21)13-20(26)16-28-22-9-2-1-6-18(22)15-25/h1-11,15,20,26H,12-14,16H2. The molecule has 0 aliphatic carbocycles. The van der Waals surface area contributed by atoms with E-state index in [4.69, 9.17) is 9.15 Å². The number of aliphatic hydroxyl groups excluding tert-OH is 1. The predicted octanol–water partition coefficient (Wildman–Crippen LogP) is 3.67. The van der Waals surface area contributed by atoms with Crippen LogP contribution in [0.15, 0.2) is 71.3 Å². The van der Waals surface area contributed by atoms with Gasteiger partial charge < -0.3 is 14.3 Å². The molecule has 28 heavy (non-hydrogen) atoms. The molecule has 0 saturated heterocycles. The van der Waals surface area contributed by atoms with Crippen molar-refractivity contribution < 1.29 is 23.4 Å². The lowest BCUT2D eigenvalue weighted by Gasteiger charge is -2.24. The zero-order valence-corrected chi connectivity index (χ0v) is 15.3. The number of aliphatic hydroxyl groups is 1. The molecule has 1 unspecified atom stereocenters. The van der Waals surface area contributed by atoms with Gasteiger partial charge in [0, 0.05) is 13.1 Å². The Balaban J connectivity index is 1.63. The Hall–Kier alpha value is -2.96. The smallest absolute Gasteiger partial charge is 0.153 e. The number of benzene rings is 2. The Morgan fingerprint density at radius 3 is 2.71 bits per heavy atom. The van der Waals surface area contributed by atoms with E-state index >= 15 is 0 Å². The summed E-state index contributed by atoms with van der Waals surface area (Å²) in [6.07, 6.45) is 1.50. The molecule has 3 aromatic rings. The number of para-hydroxylation sites is 1. The van der Waals surface area contributed by atoms with Crippen LogP contribution in [0.5, 0.6) is 5.75 Å². The minimum absolute atomic E-state index is 0.0304. The first-order valence-electron chi connectivity index (χ1n) is 8.98. The Kier molecular flexibility index (Phi) is 6.94. The molecule has 0 radical (unpaired) electrons. The van der Waals surface area contributed by atoms with Gasteiger partial charge in [-0.3, -0.25) is 9.69 Å². The van der Waals surface area contributed by atoms with Crippen molar-refractivity contribution in [2.24, 2.45) is 0 Å². The quantitative estimate of drug-likeness (QED) is 0.541. The van der Waals surface area contributed by atoms with Crippen molar-refractivity contribution in [3.63, 3.8) is 0 Å². The maximum atomic E-state index is 13.5. The fourth-order valence-electron chi connectivity index (χ4n) is 2.95. The zero-order valence-electron chi connectivity index (χ0n) is 15.3. The van der Waals surface area contributed by atoms with Crippen LogP contribution in [0.1, 0.15) is 21.7 Å². The summed E-state index contributed by atoms with van der Waals surface area (Å²) in [5, 5.41) is 10.4. The van der Waals surface area contributed by atoms with Crippen molar-refractivity contribution >= 4 is 6.29 Å². The average Bonchev–Trinajstić information content (AvgIpc) is 3.19. The number of aldehydes is 1. The van der Waals surface area contributed by atoms with Crippen molar-refractivity contribution in [1.29, 1.82) is 0 Å². The SMILES string of the molecule is O=Cc1ccccc1OCC(O)CN(Cc1cccc(F)c1)Cc1ccco1. The molecular formula is C22H22FNO4. The highest BCUT2D eigenvalue weighted by molar-refractivity contribution is 5.79. The maximum absolute atomic E-state index is 13.5. The fourth-order valence-corrected chi connectivity index (χ4v) is 2.95. The molecule has 2 aromatic carbocycles. The van der Waals surface area contributed by atoms with Gasteiger partial charge in [0.25, 0.3) is 0 Å². The number of hydrogen-bond acceptors (Lipinski definition) is 5. The van der Waals surface area contributed by atoms with E-state index in [0.717, 1.165) is 17.6 Å². The van der Waals surface area contributed by atoms with Gasteiger partial charge in [-0.2, -0.15) is 0 Å². The Morgan fingerprint density at radius 2 is 1.96 bits per heavy atom. The lowest BCUT2D eigenvalue weighted by molar-refractivity contribution is 0.0600. The molecule has 1 heterocycles. The summed E-state index contributed by atoms with van der Waals surface area (Å²) in [5.74, 6) is 0.875. The van der Waals surface area contributed by atoms with Gasteiger partial charge in [-0.05, 0) is 42.0 Å². The molecule has 6 heteroatoms. The van der Waals surface area contributed by atoms with Gasteiger partial charge in [-0.1, -0.05) is 24.3 Å². The largest absolute Gasteiger partial charge is 0.490 e. The van der Waals surface area contributed by atoms with Gasteiger partial charge in [-0.25, -0.2) is 4.39 Å². The van der Waals surface area contributed by atoms with Crippen molar-refractivity contribution in [3.8, 4) is 5.75 Å². The minimum Gasteiger partial charge on any atom is -0.490 e. The molecule has 3 rings (SSSR count). The van der Waals surface area contributed by atoms with Crippen LogP contribution in [0.3, 0.4) is 0 Å². The number of rotatable bonds is 10. The third-order valence-electron chi connectivity index (χ3n) is 4.20. The van der Waals surface area contributed by atoms with Crippen LogP contribution in [0.25, 0.3) is 0 Å². The van der Waals surface area contributed by atoms with Gasteiger partial charge >= 0.3 is 0 Å². The lowest BCUT2D eigenvalue weighted by atomic mass is 10.2. The maximum Gasteiger partial charge on any atom is 0.153 e. The Bertz CT molecular complexity index is 882. The highest BCUT2D eigenvalue weighted by Crippen LogP contribution is 2.17. The first-order chi connectivity index (χ1) is 13.6. The molecular weight excluding hydrogens is 361 g/mol. The van der Waals surface area contributed by atoms with E-state index < -0.39 is 6.10 Å². The molecule has 0 aliphatic heterocycles. The summed E-state index contributed by atoms with van der Waals surface area (Å²) < 4.78 is 24.5. The number of hydrogen-bond donors (Lipinski definition) is 1. The second-order valence-electron chi connectivity index (χ2n) is 6.50. The van der Waals surface area contributed by atoms with Gasteiger partial charge in [0.05, 0.1) is 18.4 Å². The molecule has 1 atom stereocenters. The Morgan fingerprint density at radius 1 is 1.11 bits per heavy atom. The van der Waals surface area contributed by atoms with Crippen LogP contribution in [0, 0.1) is 5.82 Å². The van der Waals surface area contributed by atoms with Gasteiger partial charge in [-0.15, -0.1) is 0 Å². The molecule has 0 bridgehead atoms. The fraction of sp³-hybridized carbons (Fsp3) is 0.227. The number of ether oxygens (including phenoxy) is 1. The van der Waals surface area contributed by atoms with Crippen LogP contribution in [-0.2, 0) is 13.1 Å². The Labute approximate surface area is 163 Å². The number of carbonyl (C=O) groups is 1. The molecule has 5 nitrogen and oxygen atoms in total. The van der Waals surface area contributed by atoms with Gasteiger partial charge in [0.1, 0.15) is 30.0 Å². The van der Waals surface area contributed by atoms with Crippen molar-refractivity contribution in [2.75, 3.05) is 13.2 Å². The summed E-state index contributed by atoms with van der Waals surface area (Å²) >= 11 is 0. The first kappa shape index (κ1) is 19.8. The van der Waals surface area contributed by atoms with Crippen LogP contribution in [-0.4, -0.2) is 35.5 Å². The second-order valence-corrected chi connectivity index (χ2v) is 6.50. The van der Waals surface area contributed by atoms with Crippen molar-refractivity contribution in [3.05, 3.63) is 89.6 Å². The second kappa shape index (κ2) is 9.82. The predicted molar refractivity (Wildman–Crippen MR) is 103 cm³/mol. The topological polar surface area (TPSA) is 62.9 Å². The highest BCUT2D eigenvalue weighted by atomic mass is 19.1. The summed E-state index contributed by atoms with van der Waals surface area (Å²) in [5.41, 5.74) is 1.23. The number of furan rings is 1. The lowest BCUT2D eigenvalue weighted by Crippen LogP contribution is -2.35. The van der Waals surface area contributed by atoms with Gasteiger partial charge in [0.2, 0.25) is 0 Å². The number of carbonyl (C=O) groups excluding carboxylic acids is 1. The van der Waals surface area contributed by atoms with Crippen LogP contribution in [0.4, 0.5) is 4.39 Å². The number of halogens is 1. The van der Waals surface area contributed by atoms with E-state index in [-0.39, 0.29) is 12.4 Å². The normalized spacial score (nSPS) is 12.1. The third kappa shape index (κ3) is 5.77. The van der Waals surface area contributed by atoms with Crippen molar-refractivity contribution in [1.82, 2.24) is 4.90 Å². The highest BCUT2D eigenvalue weighted by Gasteiger charge is 2.16. The van der Waals surface area contributed by atoms with E-state index in [1.54, 1.807) is 42.7 Å². The van der Waals surface area contributed by atoms with E-state index in [9.17, 15) is 14.3 Å². The van der Waals surface area contributed by atoms with Crippen molar-refractivity contribution in [2.45, 2.75) is 19.2 Å². The molecule has 0 amide bonds. The molecule has 0 fully saturated rings. The summed E-state index contributed by atoms with van der Waals surface area (Å²) in [7, 11) is 0. The summed E-state index contributed by atoms with van der Waals surface area (Å²) in [6.45, 7) is 1.23. The van der Waals surface area contributed by atoms with E-state index in [1.165, 1.54) is 12.1 Å². The van der Waals surface area contributed by atoms with Crippen LogP contribution >= 0.6 is 0 Å². The summed E-state index contributed by atoms with van der Waals surface area (Å²) in [4.78, 5) is 13.0. The molecule has 1 N–H and O–H groups in total. The monoisotopic (exact) mass is 383 g/mol. The molecule has 0 spiro atoms.